The van der Waals surface area contributed by atoms with Gasteiger partial charge in [0.05, 0.1) is 18.2 Å². The van der Waals surface area contributed by atoms with Gasteiger partial charge < -0.3 is 30.2 Å². The van der Waals surface area contributed by atoms with Crippen molar-refractivity contribution in [2.45, 2.75) is 25.8 Å². The van der Waals surface area contributed by atoms with E-state index < -0.39 is 17.9 Å². The molecule has 2 atom stereocenters. The Morgan fingerprint density at radius 3 is 2.53 bits per heavy atom. The van der Waals surface area contributed by atoms with Crippen molar-refractivity contribution >= 4 is 24.0 Å². The zero-order chi connectivity index (χ0) is 24.3. The first-order valence-electron chi connectivity index (χ1n) is 11.2. The van der Waals surface area contributed by atoms with Gasteiger partial charge in [0.1, 0.15) is 19.5 Å². The summed E-state index contributed by atoms with van der Waals surface area (Å²) in [6.07, 6.45) is 1.48. The summed E-state index contributed by atoms with van der Waals surface area (Å²) < 4.78 is 10.9. The molecular formula is C25H29N3O6. The average molecular weight is 468 g/mol. The molecule has 2 aliphatic rings. The van der Waals surface area contributed by atoms with Crippen LogP contribution in [0.15, 0.2) is 48.5 Å². The molecule has 0 bridgehead atoms. The number of hydrogen-bond acceptors (Lipinski definition) is 6. The summed E-state index contributed by atoms with van der Waals surface area (Å²) in [5.41, 5.74) is 1.59. The van der Waals surface area contributed by atoms with Crippen molar-refractivity contribution in [2.24, 2.45) is 5.92 Å². The molecule has 4 rings (SSSR count). The third kappa shape index (κ3) is 7.06. The molecule has 3 amide bonds. The Labute approximate surface area is 198 Å². The molecule has 0 saturated carbocycles. The van der Waals surface area contributed by atoms with E-state index in [9.17, 15) is 19.2 Å². The molecule has 0 radical (unpaired) electrons. The zero-order valence-corrected chi connectivity index (χ0v) is 19.0. The number of nitrogens with one attached hydrogen (secondary N) is 3. The summed E-state index contributed by atoms with van der Waals surface area (Å²) in [4.78, 5) is 47.2. The summed E-state index contributed by atoms with van der Waals surface area (Å²) in [5, 5.41) is 7.71. The second-order valence-electron chi connectivity index (χ2n) is 7.99. The largest absolute Gasteiger partial charge is 0.486 e. The van der Waals surface area contributed by atoms with Crippen LogP contribution in [0.5, 0.6) is 11.5 Å². The second-order valence-corrected chi connectivity index (χ2v) is 7.99. The molecule has 2 aromatic carbocycles. The molecule has 3 N–H and O–H groups in total. The molecule has 2 unspecified atom stereocenters. The number of aldehydes is 1. The first-order chi connectivity index (χ1) is 16.5. The summed E-state index contributed by atoms with van der Waals surface area (Å²) >= 11 is 0. The van der Waals surface area contributed by atoms with Crippen molar-refractivity contribution in [1.29, 1.82) is 0 Å². The van der Waals surface area contributed by atoms with Crippen LogP contribution in [-0.4, -0.2) is 56.4 Å². The highest BCUT2D eigenvalue weighted by molar-refractivity contribution is 5.99. The molecule has 9 heteroatoms. The van der Waals surface area contributed by atoms with Gasteiger partial charge in [0, 0.05) is 12.5 Å². The standard InChI is InChI=1S/C18H21N3O6.C7H8/c22-10-12(8-11-4-5-19-17(11)24)21-15(23)9-20-18(25)13-2-1-3-14-16(13)27-7-6-26-14;1-7-5-3-2-4-6-7/h1-3,10-12H,4-9H2,(H,19,24)(H,20,25)(H,21,23);2-6H,1H3. The first kappa shape index (κ1) is 24.8. The van der Waals surface area contributed by atoms with Crippen LogP contribution in [0.25, 0.3) is 0 Å². The van der Waals surface area contributed by atoms with E-state index in [1.807, 2.05) is 18.2 Å². The Balaban J connectivity index is 0.000000396. The Kier molecular flexibility index (Phi) is 9.02. The van der Waals surface area contributed by atoms with E-state index in [1.165, 1.54) is 5.56 Å². The molecule has 2 aliphatic heterocycles. The van der Waals surface area contributed by atoms with Gasteiger partial charge in [-0.2, -0.15) is 0 Å². The highest BCUT2D eigenvalue weighted by atomic mass is 16.6. The topological polar surface area (TPSA) is 123 Å². The minimum atomic E-state index is -0.774. The molecule has 2 aromatic rings. The average Bonchev–Trinajstić information content (AvgIpc) is 3.26. The number of aryl methyl sites for hydroxylation is 1. The van der Waals surface area contributed by atoms with Crippen molar-refractivity contribution in [1.82, 2.24) is 16.0 Å². The highest BCUT2D eigenvalue weighted by Gasteiger charge is 2.28. The number of rotatable bonds is 7. The van der Waals surface area contributed by atoms with Crippen molar-refractivity contribution in [3.63, 3.8) is 0 Å². The lowest BCUT2D eigenvalue weighted by atomic mass is 9.99. The zero-order valence-electron chi connectivity index (χ0n) is 19.0. The number of para-hydroxylation sites is 1. The summed E-state index contributed by atoms with van der Waals surface area (Å²) in [5.74, 6) is -0.566. The van der Waals surface area contributed by atoms with Crippen molar-refractivity contribution in [2.75, 3.05) is 26.3 Å². The predicted molar refractivity (Wildman–Crippen MR) is 125 cm³/mol. The van der Waals surface area contributed by atoms with Gasteiger partial charge in [-0.25, -0.2) is 0 Å². The lowest BCUT2D eigenvalue weighted by molar-refractivity contribution is -0.125. The van der Waals surface area contributed by atoms with Gasteiger partial charge in [0.2, 0.25) is 11.8 Å². The van der Waals surface area contributed by atoms with Crippen LogP contribution in [0.4, 0.5) is 0 Å². The van der Waals surface area contributed by atoms with E-state index in [0.717, 1.165) is 0 Å². The summed E-state index contributed by atoms with van der Waals surface area (Å²) in [6.45, 7) is 3.11. The maximum Gasteiger partial charge on any atom is 0.255 e. The summed E-state index contributed by atoms with van der Waals surface area (Å²) in [6, 6.07) is 14.4. The minimum Gasteiger partial charge on any atom is -0.486 e. The van der Waals surface area contributed by atoms with Crippen LogP contribution in [0.2, 0.25) is 0 Å². The fourth-order valence-corrected chi connectivity index (χ4v) is 3.63. The number of fused-ring (bicyclic) bond motifs is 1. The van der Waals surface area contributed by atoms with E-state index in [-0.39, 0.29) is 30.4 Å². The van der Waals surface area contributed by atoms with Crippen LogP contribution >= 0.6 is 0 Å². The number of amides is 3. The Morgan fingerprint density at radius 1 is 1.12 bits per heavy atom. The molecule has 1 saturated heterocycles. The number of carbonyl (C=O) groups is 4. The maximum atomic E-state index is 12.3. The van der Waals surface area contributed by atoms with Gasteiger partial charge in [0.25, 0.3) is 5.91 Å². The van der Waals surface area contributed by atoms with Crippen LogP contribution in [0.1, 0.15) is 28.8 Å². The van der Waals surface area contributed by atoms with Crippen molar-refractivity contribution in [3.8, 4) is 11.5 Å². The van der Waals surface area contributed by atoms with Gasteiger partial charge in [0.15, 0.2) is 11.5 Å². The molecule has 34 heavy (non-hydrogen) atoms. The van der Waals surface area contributed by atoms with Gasteiger partial charge in [-0.3, -0.25) is 14.4 Å². The number of hydrogen-bond donors (Lipinski definition) is 3. The maximum absolute atomic E-state index is 12.3. The molecular weight excluding hydrogens is 438 g/mol. The fourth-order valence-electron chi connectivity index (χ4n) is 3.63. The summed E-state index contributed by atoms with van der Waals surface area (Å²) in [7, 11) is 0. The van der Waals surface area contributed by atoms with Gasteiger partial charge in [-0.15, -0.1) is 0 Å². The molecule has 9 nitrogen and oxygen atoms in total. The Morgan fingerprint density at radius 2 is 1.88 bits per heavy atom. The van der Waals surface area contributed by atoms with Crippen LogP contribution < -0.4 is 25.4 Å². The van der Waals surface area contributed by atoms with E-state index in [4.69, 9.17) is 9.47 Å². The van der Waals surface area contributed by atoms with E-state index in [0.29, 0.717) is 44.0 Å². The minimum absolute atomic E-state index is 0.111. The molecule has 0 aromatic heterocycles. The van der Waals surface area contributed by atoms with Crippen LogP contribution in [0.3, 0.4) is 0 Å². The molecule has 1 fully saturated rings. The van der Waals surface area contributed by atoms with Crippen molar-refractivity contribution in [3.05, 3.63) is 59.7 Å². The Hall–Kier alpha value is -3.88. The third-order valence-corrected chi connectivity index (χ3v) is 5.37. The molecule has 2 heterocycles. The van der Waals surface area contributed by atoms with E-state index >= 15 is 0 Å². The van der Waals surface area contributed by atoms with Crippen LogP contribution in [-0.2, 0) is 14.4 Å². The lowest BCUT2D eigenvalue weighted by Crippen LogP contribution is -2.44. The normalized spacial score (nSPS) is 16.9. The Bertz CT molecular complexity index is 1010. The highest BCUT2D eigenvalue weighted by Crippen LogP contribution is 2.33. The lowest BCUT2D eigenvalue weighted by Gasteiger charge is -2.20. The fraction of sp³-hybridized carbons (Fsp3) is 0.360. The predicted octanol–water partition coefficient (Wildman–Crippen LogP) is 1.39. The first-order valence-corrected chi connectivity index (χ1v) is 11.2. The monoisotopic (exact) mass is 467 g/mol. The third-order valence-electron chi connectivity index (χ3n) is 5.37. The quantitative estimate of drug-likeness (QED) is 0.529. The smallest absolute Gasteiger partial charge is 0.255 e. The van der Waals surface area contributed by atoms with Gasteiger partial charge in [-0.1, -0.05) is 42.0 Å². The van der Waals surface area contributed by atoms with E-state index in [2.05, 4.69) is 35.0 Å². The van der Waals surface area contributed by atoms with Crippen LogP contribution in [0, 0.1) is 12.8 Å². The SMILES string of the molecule is Cc1ccccc1.O=CC(CC1CCNC1=O)NC(=O)CNC(=O)c1cccc2c1OCCO2. The molecule has 0 spiro atoms. The van der Waals surface area contributed by atoms with Gasteiger partial charge in [-0.05, 0) is 31.9 Å². The number of ether oxygens (including phenoxy) is 2. The van der Waals surface area contributed by atoms with Crippen molar-refractivity contribution < 1.29 is 28.7 Å². The molecule has 180 valence electrons. The molecule has 0 aliphatic carbocycles. The number of benzene rings is 2. The van der Waals surface area contributed by atoms with Gasteiger partial charge >= 0.3 is 0 Å². The number of carbonyl (C=O) groups excluding carboxylic acids is 4. The second kappa shape index (κ2) is 12.4. The van der Waals surface area contributed by atoms with E-state index in [1.54, 1.807) is 18.2 Å².